The molecule has 0 spiro atoms. The van der Waals surface area contributed by atoms with E-state index in [0.29, 0.717) is 17.6 Å². The van der Waals surface area contributed by atoms with Crippen molar-refractivity contribution >= 4 is 7.82 Å². The van der Waals surface area contributed by atoms with Crippen molar-refractivity contribution in [3.05, 3.63) is 0 Å². The van der Waals surface area contributed by atoms with Gasteiger partial charge in [-0.05, 0) is 6.42 Å². The standard InChI is InChI=1S/C20H44NO6P/c1-5-6-7-8-9-10-11-12-13-14-16-25-18-20(22)19-27-28(23,24)26-17-15-21(2,3)4/h20,22H,5-19H2,1-4H3/p+1. The molecule has 0 rings (SSSR count). The number of ether oxygens (including phenoxy) is 1. The lowest BCUT2D eigenvalue weighted by atomic mass is 10.1. The van der Waals surface area contributed by atoms with Crippen LogP contribution in [-0.4, -0.2) is 74.7 Å². The third-order valence-corrected chi connectivity index (χ3v) is 5.38. The van der Waals surface area contributed by atoms with Crippen LogP contribution in [0.4, 0.5) is 0 Å². The molecule has 0 saturated heterocycles. The van der Waals surface area contributed by atoms with Crippen LogP contribution in [0.1, 0.15) is 71.1 Å². The third kappa shape index (κ3) is 20.7. The average Bonchev–Trinajstić information content (AvgIpc) is 2.59. The molecule has 0 radical (unpaired) electrons. The molecule has 8 heteroatoms. The van der Waals surface area contributed by atoms with Crippen LogP contribution in [0, 0.1) is 0 Å². The van der Waals surface area contributed by atoms with Crippen LogP contribution in [0.2, 0.25) is 0 Å². The summed E-state index contributed by atoms with van der Waals surface area (Å²) in [5.41, 5.74) is 0. The maximum absolute atomic E-state index is 11.7. The van der Waals surface area contributed by atoms with Crippen molar-refractivity contribution < 1.29 is 32.8 Å². The van der Waals surface area contributed by atoms with Gasteiger partial charge in [0.1, 0.15) is 19.3 Å². The number of quaternary nitrogens is 1. The van der Waals surface area contributed by atoms with Gasteiger partial charge in [-0.2, -0.15) is 0 Å². The van der Waals surface area contributed by atoms with E-state index in [-0.39, 0.29) is 19.8 Å². The summed E-state index contributed by atoms with van der Waals surface area (Å²) in [6.07, 6.45) is 11.7. The number of unbranched alkanes of at least 4 members (excludes halogenated alkanes) is 9. The summed E-state index contributed by atoms with van der Waals surface area (Å²) in [5.74, 6) is 0. The van der Waals surface area contributed by atoms with E-state index in [1.54, 1.807) is 0 Å². The molecule has 0 aliphatic carbocycles. The summed E-state index contributed by atoms with van der Waals surface area (Å²) in [7, 11) is 1.75. The number of hydrogen-bond donors (Lipinski definition) is 2. The van der Waals surface area contributed by atoms with E-state index in [0.717, 1.165) is 12.8 Å². The van der Waals surface area contributed by atoms with Gasteiger partial charge in [0.25, 0.3) is 0 Å². The quantitative estimate of drug-likeness (QED) is 0.173. The van der Waals surface area contributed by atoms with Gasteiger partial charge in [-0.1, -0.05) is 64.7 Å². The molecule has 7 nitrogen and oxygen atoms in total. The van der Waals surface area contributed by atoms with Gasteiger partial charge in [0.05, 0.1) is 34.4 Å². The minimum Gasteiger partial charge on any atom is -0.388 e. The van der Waals surface area contributed by atoms with Gasteiger partial charge < -0.3 is 19.2 Å². The van der Waals surface area contributed by atoms with Crippen molar-refractivity contribution in [3.63, 3.8) is 0 Å². The van der Waals surface area contributed by atoms with Crippen molar-refractivity contribution in [1.82, 2.24) is 0 Å². The van der Waals surface area contributed by atoms with E-state index >= 15 is 0 Å². The first kappa shape index (κ1) is 28.0. The zero-order valence-corrected chi connectivity index (χ0v) is 19.5. The van der Waals surface area contributed by atoms with Crippen molar-refractivity contribution in [2.75, 3.05) is 54.1 Å². The monoisotopic (exact) mass is 426 g/mol. The van der Waals surface area contributed by atoms with Gasteiger partial charge in [0, 0.05) is 6.61 Å². The van der Waals surface area contributed by atoms with Crippen LogP contribution in [0.3, 0.4) is 0 Å². The van der Waals surface area contributed by atoms with E-state index in [9.17, 15) is 14.6 Å². The maximum Gasteiger partial charge on any atom is 0.472 e. The molecule has 0 amide bonds. The van der Waals surface area contributed by atoms with Gasteiger partial charge in [-0.3, -0.25) is 9.05 Å². The number of hydrogen-bond acceptors (Lipinski definition) is 5. The van der Waals surface area contributed by atoms with Crippen LogP contribution in [0.5, 0.6) is 0 Å². The molecule has 0 fully saturated rings. The molecular formula is C20H45NO6P+. The van der Waals surface area contributed by atoms with E-state index in [1.165, 1.54) is 51.4 Å². The number of likely N-dealkylation sites (N-methyl/N-ethyl adjacent to an activating group) is 1. The zero-order chi connectivity index (χ0) is 21.3. The second kappa shape index (κ2) is 16.8. The van der Waals surface area contributed by atoms with Gasteiger partial charge >= 0.3 is 7.82 Å². The molecule has 2 N–H and O–H groups in total. The highest BCUT2D eigenvalue weighted by Crippen LogP contribution is 2.43. The highest BCUT2D eigenvalue weighted by Gasteiger charge is 2.24. The van der Waals surface area contributed by atoms with Crippen LogP contribution >= 0.6 is 7.82 Å². The fourth-order valence-corrected chi connectivity index (χ4v) is 3.35. The Morgan fingerprint density at radius 1 is 0.821 bits per heavy atom. The zero-order valence-electron chi connectivity index (χ0n) is 18.6. The molecule has 0 aliphatic rings. The molecule has 0 heterocycles. The molecule has 2 atom stereocenters. The van der Waals surface area contributed by atoms with Crippen molar-refractivity contribution in [2.24, 2.45) is 0 Å². The Morgan fingerprint density at radius 3 is 1.89 bits per heavy atom. The summed E-state index contributed by atoms with van der Waals surface area (Å²) in [4.78, 5) is 9.59. The predicted molar refractivity (Wildman–Crippen MR) is 113 cm³/mol. The topological polar surface area (TPSA) is 85.2 Å². The average molecular weight is 427 g/mol. The van der Waals surface area contributed by atoms with Gasteiger partial charge in [0.2, 0.25) is 0 Å². The Morgan fingerprint density at radius 2 is 1.36 bits per heavy atom. The first-order valence-corrected chi connectivity index (χ1v) is 12.3. The summed E-state index contributed by atoms with van der Waals surface area (Å²) in [6.45, 7) is 3.33. The lowest BCUT2D eigenvalue weighted by Crippen LogP contribution is -2.37. The summed E-state index contributed by atoms with van der Waals surface area (Å²) in [6, 6.07) is 0. The Labute approximate surface area is 172 Å². The molecule has 0 aliphatic heterocycles. The lowest BCUT2D eigenvalue weighted by Gasteiger charge is -2.24. The highest BCUT2D eigenvalue weighted by atomic mass is 31.2. The highest BCUT2D eigenvalue weighted by molar-refractivity contribution is 7.47. The van der Waals surface area contributed by atoms with Gasteiger partial charge in [-0.15, -0.1) is 0 Å². The third-order valence-electron chi connectivity index (χ3n) is 4.40. The van der Waals surface area contributed by atoms with E-state index in [4.69, 9.17) is 13.8 Å². The minimum atomic E-state index is -4.13. The van der Waals surface area contributed by atoms with Crippen molar-refractivity contribution in [2.45, 2.75) is 77.2 Å². The Balaban J connectivity index is 3.49. The van der Waals surface area contributed by atoms with Crippen LogP contribution in [-0.2, 0) is 18.3 Å². The fourth-order valence-electron chi connectivity index (χ4n) is 2.61. The normalized spacial score (nSPS) is 15.5. The smallest absolute Gasteiger partial charge is 0.388 e. The summed E-state index contributed by atoms with van der Waals surface area (Å²) >= 11 is 0. The minimum absolute atomic E-state index is 0.0936. The van der Waals surface area contributed by atoms with Gasteiger partial charge in [-0.25, -0.2) is 4.57 Å². The molecule has 170 valence electrons. The van der Waals surface area contributed by atoms with E-state index in [1.807, 2.05) is 21.1 Å². The molecule has 0 bridgehead atoms. The molecule has 28 heavy (non-hydrogen) atoms. The summed E-state index contributed by atoms with van der Waals surface area (Å²) < 4.78 is 27.5. The number of phosphoric ester groups is 1. The number of rotatable bonds is 20. The second-order valence-electron chi connectivity index (χ2n) is 8.52. The fraction of sp³-hybridized carbons (Fsp3) is 1.00. The number of nitrogens with zero attached hydrogens (tertiary/aromatic N) is 1. The number of aliphatic hydroxyl groups is 1. The molecule has 0 aromatic carbocycles. The first-order chi connectivity index (χ1) is 13.2. The molecular weight excluding hydrogens is 381 g/mol. The first-order valence-electron chi connectivity index (χ1n) is 10.8. The molecule has 0 aromatic heterocycles. The summed E-state index contributed by atoms with van der Waals surface area (Å²) in [5, 5.41) is 9.79. The van der Waals surface area contributed by atoms with Crippen molar-refractivity contribution in [1.29, 1.82) is 0 Å². The SMILES string of the molecule is CCCCCCCCCCCCOCC(O)COP(=O)(O)OCC[N+](C)(C)C. The van der Waals surface area contributed by atoms with Gasteiger partial charge in [0.15, 0.2) is 0 Å². The number of aliphatic hydroxyl groups excluding tert-OH is 1. The Bertz CT molecular complexity index is 403. The van der Waals surface area contributed by atoms with Crippen LogP contribution < -0.4 is 0 Å². The van der Waals surface area contributed by atoms with Crippen LogP contribution in [0.15, 0.2) is 0 Å². The second-order valence-corrected chi connectivity index (χ2v) is 9.98. The molecule has 0 aromatic rings. The maximum atomic E-state index is 11.7. The Kier molecular flexibility index (Phi) is 16.7. The van der Waals surface area contributed by atoms with E-state index in [2.05, 4.69) is 6.92 Å². The molecule has 0 saturated carbocycles. The Hall–Kier alpha value is -0.0100. The largest absolute Gasteiger partial charge is 0.472 e. The van der Waals surface area contributed by atoms with Crippen LogP contribution in [0.25, 0.3) is 0 Å². The lowest BCUT2D eigenvalue weighted by molar-refractivity contribution is -0.870. The predicted octanol–water partition coefficient (Wildman–Crippen LogP) is 4.12. The van der Waals surface area contributed by atoms with E-state index < -0.39 is 13.9 Å². The van der Waals surface area contributed by atoms with Crippen molar-refractivity contribution in [3.8, 4) is 0 Å². The molecule has 2 unspecified atom stereocenters. The number of phosphoric acid groups is 1.